The molecule has 2 N–H and O–H groups in total. The molecule has 1 aliphatic carbocycles. The molecule has 1 aliphatic rings. The molecule has 1 fully saturated rings. The Labute approximate surface area is 96.9 Å². The first-order valence-corrected chi connectivity index (χ1v) is 6.07. The highest BCUT2D eigenvalue weighted by atomic mass is 15.2. The van der Waals surface area contributed by atoms with Gasteiger partial charge in [-0.3, -0.25) is 0 Å². The van der Waals surface area contributed by atoms with Crippen molar-refractivity contribution in [2.75, 3.05) is 18.0 Å². The molecule has 0 spiro atoms. The fraction of sp³-hybridized carbons (Fsp3) is 0.667. The minimum atomic E-state index is 0.667. The highest BCUT2D eigenvalue weighted by Crippen LogP contribution is 2.28. The molecule has 0 radical (unpaired) electrons. The molecule has 88 valence electrons. The summed E-state index contributed by atoms with van der Waals surface area (Å²) in [6, 6.07) is 2.67. The van der Waals surface area contributed by atoms with E-state index >= 15 is 0 Å². The van der Waals surface area contributed by atoms with Gasteiger partial charge >= 0.3 is 0 Å². The van der Waals surface area contributed by atoms with Crippen LogP contribution in [0, 0.1) is 6.92 Å². The van der Waals surface area contributed by atoms with Crippen molar-refractivity contribution in [2.45, 2.75) is 38.6 Å². The Balaban J connectivity index is 2.10. The third-order valence-corrected chi connectivity index (χ3v) is 3.17. The number of rotatable bonds is 5. The highest BCUT2D eigenvalue weighted by molar-refractivity contribution is 5.39. The van der Waals surface area contributed by atoms with Crippen LogP contribution in [0.4, 0.5) is 5.82 Å². The van der Waals surface area contributed by atoms with Gasteiger partial charge in [0.2, 0.25) is 0 Å². The van der Waals surface area contributed by atoms with E-state index in [1.165, 1.54) is 19.3 Å². The molecule has 1 saturated carbocycles. The average Bonchev–Trinajstić information content (AvgIpc) is 2.21. The lowest BCUT2D eigenvalue weighted by Crippen LogP contribution is -2.42. The van der Waals surface area contributed by atoms with Crippen molar-refractivity contribution in [2.24, 2.45) is 5.73 Å². The lowest BCUT2D eigenvalue weighted by molar-refractivity contribution is 0.382. The molecule has 16 heavy (non-hydrogen) atoms. The fourth-order valence-corrected chi connectivity index (χ4v) is 2.05. The van der Waals surface area contributed by atoms with E-state index in [2.05, 4.69) is 14.9 Å². The van der Waals surface area contributed by atoms with Crippen LogP contribution in [0.15, 0.2) is 12.3 Å². The van der Waals surface area contributed by atoms with Gasteiger partial charge in [0.25, 0.3) is 0 Å². The van der Waals surface area contributed by atoms with Crippen LogP contribution in [0.3, 0.4) is 0 Å². The molecule has 0 aliphatic heterocycles. The van der Waals surface area contributed by atoms with Crippen LogP contribution in [0.2, 0.25) is 0 Å². The van der Waals surface area contributed by atoms with Crippen LogP contribution in [-0.2, 0) is 0 Å². The minimum Gasteiger partial charge on any atom is -0.353 e. The normalized spacial score (nSPS) is 15.9. The Morgan fingerprint density at radius 2 is 2.31 bits per heavy atom. The van der Waals surface area contributed by atoms with Crippen molar-refractivity contribution >= 4 is 5.82 Å². The van der Waals surface area contributed by atoms with E-state index in [1.54, 1.807) is 0 Å². The number of hydrogen-bond acceptors (Lipinski definition) is 4. The number of aryl methyl sites for hydroxylation is 1. The van der Waals surface area contributed by atoms with E-state index in [0.717, 1.165) is 31.2 Å². The second-order valence-corrected chi connectivity index (χ2v) is 4.38. The molecule has 0 atom stereocenters. The largest absolute Gasteiger partial charge is 0.353 e. The Bertz CT molecular complexity index is 336. The van der Waals surface area contributed by atoms with Gasteiger partial charge in [0.15, 0.2) is 0 Å². The average molecular weight is 220 g/mol. The van der Waals surface area contributed by atoms with Crippen LogP contribution >= 0.6 is 0 Å². The first kappa shape index (κ1) is 11.3. The Morgan fingerprint density at radius 3 is 2.88 bits per heavy atom. The van der Waals surface area contributed by atoms with Gasteiger partial charge in [-0.05, 0) is 45.2 Å². The quantitative estimate of drug-likeness (QED) is 0.817. The second-order valence-electron chi connectivity index (χ2n) is 4.38. The van der Waals surface area contributed by atoms with E-state index in [1.807, 2.05) is 19.2 Å². The maximum atomic E-state index is 5.58. The van der Waals surface area contributed by atoms with Crippen LogP contribution in [0.25, 0.3) is 0 Å². The number of aromatic nitrogens is 2. The first-order chi connectivity index (χ1) is 7.81. The smallest absolute Gasteiger partial charge is 0.132 e. The predicted molar refractivity (Wildman–Crippen MR) is 65.4 cm³/mol. The van der Waals surface area contributed by atoms with E-state index in [4.69, 9.17) is 5.73 Å². The van der Waals surface area contributed by atoms with Gasteiger partial charge in [-0.1, -0.05) is 0 Å². The molecule has 0 bridgehead atoms. The molecule has 1 heterocycles. The summed E-state index contributed by atoms with van der Waals surface area (Å²) in [6.45, 7) is 3.69. The summed E-state index contributed by atoms with van der Waals surface area (Å²) in [6.07, 6.45) is 6.78. The van der Waals surface area contributed by atoms with Crippen LogP contribution in [-0.4, -0.2) is 29.1 Å². The van der Waals surface area contributed by atoms with Gasteiger partial charge in [0, 0.05) is 18.8 Å². The zero-order valence-electron chi connectivity index (χ0n) is 9.89. The molecular weight excluding hydrogens is 200 g/mol. The number of nitrogens with two attached hydrogens (primary N) is 1. The van der Waals surface area contributed by atoms with E-state index in [9.17, 15) is 0 Å². The second kappa shape index (κ2) is 5.25. The molecule has 2 rings (SSSR count). The van der Waals surface area contributed by atoms with Crippen LogP contribution < -0.4 is 10.6 Å². The SMILES string of the molecule is Cc1nccc(N(CCCN)C2CCC2)n1. The van der Waals surface area contributed by atoms with E-state index in [-0.39, 0.29) is 0 Å². The van der Waals surface area contributed by atoms with E-state index < -0.39 is 0 Å². The monoisotopic (exact) mass is 220 g/mol. The molecule has 0 aromatic carbocycles. The maximum absolute atomic E-state index is 5.58. The molecule has 1 aromatic heterocycles. The molecule has 4 nitrogen and oxygen atoms in total. The summed E-state index contributed by atoms with van der Waals surface area (Å²) in [5.74, 6) is 1.90. The first-order valence-electron chi connectivity index (χ1n) is 6.07. The van der Waals surface area contributed by atoms with Gasteiger partial charge in [0.05, 0.1) is 0 Å². The van der Waals surface area contributed by atoms with Gasteiger partial charge in [0.1, 0.15) is 11.6 Å². The van der Waals surface area contributed by atoms with E-state index in [0.29, 0.717) is 6.04 Å². The van der Waals surface area contributed by atoms with Crippen LogP contribution in [0.1, 0.15) is 31.5 Å². The van der Waals surface area contributed by atoms with Gasteiger partial charge in [-0.15, -0.1) is 0 Å². The molecule has 4 heteroatoms. The van der Waals surface area contributed by atoms with Crippen molar-refractivity contribution in [3.63, 3.8) is 0 Å². The Morgan fingerprint density at radius 1 is 1.50 bits per heavy atom. The predicted octanol–water partition coefficient (Wildman–Crippen LogP) is 1.49. The number of hydrogen-bond donors (Lipinski definition) is 1. The van der Waals surface area contributed by atoms with Crippen molar-refractivity contribution in [1.29, 1.82) is 0 Å². The van der Waals surface area contributed by atoms with Crippen molar-refractivity contribution < 1.29 is 0 Å². The summed E-state index contributed by atoms with van der Waals surface area (Å²) in [7, 11) is 0. The standard InChI is InChI=1S/C12H20N4/c1-10-14-8-6-12(15-10)16(9-3-7-13)11-4-2-5-11/h6,8,11H,2-5,7,9,13H2,1H3. The summed E-state index contributed by atoms with van der Waals surface area (Å²) in [5.41, 5.74) is 5.58. The van der Waals surface area contributed by atoms with Crippen molar-refractivity contribution in [3.8, 4) is 0 Å². The molecule has 1 aromatic rings. The molecule has 0 saturated heterocycles. The van der Waals surface area contributed by atoms with Crippen LogP contribution in [0.5, 0.6) is 0 Å². The third kappa shape index (κ3) is 2.50. The van der Waals surface area contributed by atoms with Gasteiger partial charge < -0.3 is 10.6 Å². The molecule has 0 unspecified atom stereocenters. The Kier molecular flexibility index (Phi) is 3.72. The Hall–Kier alpha value is -1.16. The summed E-state index contributed by atoms with van der Waals surface area (Å²) in [4.78, 5) is 11.0. The lowest BCUT2D eigenvalue weighted by Gasteiger charge is -2.38. The number of nitrogens with zero attached hydrogens (tertiary/aromatic N) is 3. The summed E-state index contributed by atoms with van der Waals surface area (Å²) >= 11 is 0. The van der Waals surface area contributed by atoms with Crippen molar-refractivity contribution in [1.82, 2.24) is 9.97 Å². The van der Waals surface area contributed by atoms with Gasteiger partial charge in [-0.2, -0.15) is 0 Å². The summed E-state index contributed by atoms with van der Waals surface area (Å²) in [5, 5.41) is 0. The molecular formula is C12H20N4. The zero-order chi connectivity index (χ0) is 11.4. The lowest BCUT2D eigenvalue weighted by atomic mass is 9.91. The highest BCUT2D eigenvalue weighted by Gasteiger charge is 2.25. The molecule has 0 amide bonds. The summed E-state index contributed by atoms with van der Waals surface area (Å²) < 4.78 is 0. The zero-order valence-corrected chi connectivity index (χ0v) is 9.89. The number of anilines is 1. The topological polar surface area (TPSA) is 55.0 Å². The third-order valence-electron chi connectivity index (χ3n) is 3.17. The maximum Gasteiger partial charge on any atom is 0.132 e. The minimum absolute atomic E-state index is 0.667. The van der Waals surface area contributed by atoms with Gasteiger partial charge in [-0.25, -0.2) is 9.97 Å². The van der Waals surface area contributed by atoms with Crippen molar-refractivity contribution in [3.05, 3.63) is 18.1 Å². The fourth-order valence-electron chi connectivity index (χ4n) is 2.05.